The monoisotopic (exact) mass is 408 g/mol. The van der Waals surface area contributed by atoms with Crippen LogP contribution >= 0.6 is 0 Å². The predicted octanol–water partition coefficient (Wildman–Crippen LogP) is 1.62. The van der Waals surface area contributed by atoms with Gasteiger partial charge in [-0.1, -0.05) is 18.6 Å². The van der Waals surface area contributed by atoms with Crippen molar-refractivity contribution < 1.29 is 34.0 Å². The van der Waals surface area contributed by atoms with E-state index in [2.05, 4.69) is 4.74 Å². The minimum absolute atomic E-state index is 0.0973. The van der Waals surface area contributed by atoms with Crippen molar-refractivity contribution in [3.8, 4) is 0 Å². The molecule has 0 radical (unpaired) electrons. The molecule has 3 fully saturated rings. The van der Waals surface area contributed by atoms with Crippen LogP contribution in [0.3, 0.4) is 0 Å². The Hall–Kier alpha value is -1.57. The molecule has 4 aliphatic rings. The zero-order valence-electron chi connectivity index (χ0n) is 17.0. The lowest BCUT2D eigenvalue weighted by Crippen LogP contribution is -2.69. The van der Waals surface area contributed by atoms with Gasteiger partial charge in [0.1, 0.15) is 5.60 Å². The molecule has 0 aromatic rings. The van der Waals surface area contributed by atoms with E-state index in [1.807, 2.05) is 0 Å². The average Bonchev–Trinajstić information content (AvgIpc) is 2.94. The van der Waals surface area contributed by atoms with Gasteiger partial charge >= 0.3 is 5.97 Å². The fourth-order valence-electron chi connectivity index (χ4n) is 7.00. The van der Waals surface area contributed by atoms with Gasteiger partial charge in [-0.25, -0.2) is 9.18 Å². The second-order valence-electron chi connectivity index (χ2n) is 9.65. The highest BCUT2D eigenvalue weighted by Gasteiger charge is 2.74. The van der Waals surface area contributed by atoms with E-state index in [9.17, 15) is 24.9 Å². The standard InChI is InChI=1S/C22H29FO6/c1-19-8-6-13(24)10-12(19)4-5-15-14-7-9-21(28,17(26)18(27)29-3)20(14,2)11-16(25)22(15,19)23/h6,8,10,14-17,25-26,28H,4-5,7,9,11H2,1-3H3/t14-,15-,16?,17-,19-,20-,21-,22-/m0/s1. The number of halogens is 1. The molecule has 4 aliphatic carbocycles. The van der Waals surface area contributed by atoms with E-state index in [4.69, 9.17) is 0 Å². The molecule has 0 saturated heterocycles. The van der Waals surface area contributed by atoms with Crippen molar-refractivity contribution in [2.75, 3.05) is 7.11 Å². The van der Waals surface area contributed by atoms with Crippen LogP contribution < -0.4 is 0 Å². The van der Waals surface area contributed by atoms with E-state index in [1.54, 1.807) is 19.9 Å². The normalized spacial score (nSPS) is 49.6. The van der Waals surface area contributed by atoms with Crippen molar-refractivity contribution in [1.82, 2.24) is 0 Å². The van der Waals surface area contributed by atoms with Crippen molar-refractivity contribution in [3.05, 3.63) is 23.8 Å². The molecule has 0 spiro atoms. The molecule has 160 valence electrons. The summed E-state index contributed by atoms with van der Waals surface area (Å²) in [5.41, 5.74) is -5.27. The number of esters is 1. The van der Waals surface area contributed by atoms with Crippen LogP contribution in [-0.2, 0) is 14.3 Å². The first-order valence-electron chi connectivity index (χ1n) is 10.2. The molecule has 0 bridgehead atoms. The van der Waals surface area contributed by atoms with Crippen LogP contribution in [0, 0.1) is 22.7 Å². The van der Waals surface area contributed by atoms with E-state index in [1.165, 1.54) is 12.2 Å². The fourth-order valence-corrected chi connectivity index (χ4v) is 7.00. The molecule has 3 N–H and O–H groups in total. The molecule has 8 atom stereocenters. The van der Waals surface area contributed by atoms with Gasteiger partial charge in [-0.15, -0.1) is 0 Å². The zero-order chi connectivity index (χ0) is 21.4. The third kappa shape index (κ3) is 2.32. The highest BCUT2D eigenvalue weighted by Crippen LogP contribution is 2.70. The number of hydrogen-bond donors (Lipinski definition) is 3. The lowest BCUT2D eigenvalue weighted by atomic mass is 9.44. The summed E-state index contributed by atoms with van der Waals surface area (Å²) in [4.78, 5) is 23.8. The van der Waals surface area contributed by atoms with Crippen molar-refractivity contribution in [2.24, 2.45) is 22.7 Å². The minimum atomic E-state index is -2.00. The number of carbonyl (C=O) groups is 2. The van der Waals surface area contributed by atoms with Crippen LogP contribution in [0.25, 0.3) is 0 Å². The predicted molar refractivity (Wildman–Crippen MR) is 101 cm³/mol. The Labute approximate surface area is 169 Å². The Morgan fingerprint density at radius 1 is 1.31 bits per heavy atom. The number of fused-ring (bicyclic) bond motifs is 5. The molecule has 0 amide bonds. The number of aliphatic hydroxyl groups excluding tert-OH is 2. The summed E-state index contributed by atoms with van der Waals surface area (Å²) in [6.45, 7) is 3.46. The number of allylic oxidation sites excluding steroid dienone is 4. The van der Waals surface area contributed by atoms with E-state index in [0.717, 1.165) is 7.11 Å². The highest BCUT2D eigenvalue weighted by molar-refractivity contribution is 6.01. The Morgan fingerprint density at radius 2 is 2.00 bits per heavy atom. The maximum absolute atomic E-state index is 16.9. The molecule has 0 heterocycles. The number of carbonyl (C=O) groups excluding carboxylic acids is 2. The summed E-state index contributed by atoms with van der Waals surface area (Å²) >= 11 is 0. The molecule has 7 heteroatoms. The summed E-state index contributed by atoms with van der Waals surface area (Å²) in [5, 5.41) is 33.0. The highest BCUT2D eigenvalue weighted by atomic mass is 19.1. The number of alkyl halides is 1. The van der Waals surface area contributed by atoms with Crippen LogP contribution in [-0.4, -0.2) is 57.7 Å². The van der Waals surface area contributed by atoms with Crippen molar-refractivity contribution >= 4 is 11.8 Å². The third-order valence-corrected chi connectivity index (χ3v) is 8.73. The van der Waals surface area contributed by atoms with Crippen molar-refractivity contribution in [2.45, 2.75) is 69.4 Å². The molecule has 0 aromatic carbocycles. The van der Waals surface area contributed by atoms with Crippen LogP contribution in [0.1, 0.15) is 46.0 Å². The molecule has 6 nitrogen and oxygen atoms in total. The molecule has 4 rings (SSSR count). The van der Waals surface area contributed by atoms with Gasteiger partial charge in [0.25, 0.3) is 0 Å². The summed E-state index contributed by atoms with van der Waals surface area (Å²) in [5.74, 6) is -2.01. The number of aliphatic hydroxyl groups is 3. The number of methoxy groups -OCH3 is 1. The van der Waals surface area contributed by atoms with Gasteiger partial charge in [0, 0.05) is 16.7 Å². The maximum Gasteiger partial charge on any atom is 0.337 e. The summed E-state index contributed by atoms with van der Waals surface area (Å²) in [6, 6.07) is 0. The number of rotatable bonds is 2. The lowest BCUT2D eigenvalue weighted by Gasteiger charge is -2.63. The van der Waals surface area contributed by atoms with Crippen LogP contribution in [0.2, 0.25) is 0 Å². The molecular weight excluding hydrogens is 379 g/mol. The van der Waals surface area contributed by atoms with Crippen molar-refractivity contribution in [3.63, 3.8) is 0 Å². The molecular formula is C22H29FO6. The van der Waals surface area contributed by atoms with Gasteiger partial charge in [0.15, 0.2) is 17.6 Å². The number of hydrogen-bond acceptors (Lipinski definition) is 6. The zero-order valence-corrected chi connectivity index (χ0v) is 17.0. The first-order chi connectivity index (χ1) is 13.5. The number of ketones is 1. The van der Waals surface area contributed by atoms with Gasteiger partial charge in [-0.3, -0.25) is 4.79 Å². The summed E-state index contributed by atoms with van der Waals surface area (Å²) in [7, 11) is 1.14. The molecule has 0 aliphatic heterocycles. The fraction of sp³-hybridized carbons (Fsp3) is 0.727. The van der Waals surface area contributed by atoms with Gasteiger partial charge in [-0.05, 0) is 57.1 Å². The lowest BCUT2D eigenvalue weighted by molar-refractivity contribution is -0.236. The van der Waals surface area contributed by atoms with Crippen molar-refractivity contribution in [1.29, 1.82) is 0 Å². The van der Waals surface area contributed by atoms with Crippen LogP contribution in [0.15, 0.2) is 23.8 Å². The van der Waals surface area contributed by atoms with E-state index < -0.39 is 46.2 Å². The first kappa shape index (κ1) is 20.7. The second-order valence-corrected chi connectivity index (χ2v) is 9.65. The van der Waals surface area contributed by atoms with Gasteiger partial charge < -0.3 is 20.1 Å². The van der Waals surface area contributed by atoms with E-state index in [-0.39, 0.29) is 24.5 Å². The topological polar surface area (TPSA) is 104 Å². The molecule has 0 aromatic heterocycles. The van der Waals surface area contributed by atoms with E-state index in [0.29, 0.717) is 24.8 Å². The Bertz CT molecular complexity index is 822. The van der Waals surface area contributed by atoms with Crippen LogP contribution in [0.5, 0.6) is 0 Å². The first-order valence-corrected chi connectivity index (χ1v) is 10.2. The average molecular weight is 408 g/mol. The largest absolute Gasteiger partial charge is 0.467 e. The maximum atomic E-state index is 16.9. The minimum Gasteiger partial charge on any atom is -0.467 e. The Kier molecular flexibility index (Phi) is 4.44. The molecule has 1 unspecified atom stereocenters. The Morgan fingerprint density at radius 3 is 2.66 bits per heavy atom. The molecule has 3 saturated carbocycles. The van der Waals surface area contributed by atoms with Gasteiger partial charge in [-0.2, -0.15) is 0 Å². The van der Waals surface area contributed by atoms with Gasteiger partial charge in [0.05, 0.1) is 13.2 Å². The second kappa shape index (κ2) is 6.22. The van der Waals surface area contributed by atoms with E-state index >= 15 is 4.39 Å². The Balaban J connectivity index is 1.78. The van der Waals surface area contributed by atoms with Gasteiger partial charge in [0.2, 0.25) is 0 Å². The molecule has 29 heavy (non-hydrogen) atoms. The van der Waals surface area contributed by atoms with Crippen LogP contribution in [0.4, 0.5) is 4.39 Å². The number of ether oxygens (including phenoxy) is 1. The summed E-state index contributed by atoms with van der Waals surface area (Å²) < 4.78 is 21.5. The summed E-state index contributed by atoms with van der Waals surface area (Å²) in [6.07, 6.45) is 2.65. The quantitative estimate of drug-likeness (QED) is 0.600. The SMILES string of the molecule is COC(=O)[C@H](O)[C@@]1(O)CC[C@H]2[C@@H]3CCC4=CC(=O)C=C[C@]4(C)[C@@]3(F)C(O)C[C@@]21C. The smallest absolute Gasteiger partial charge is 0.337 e. The third-order valence-electron chi connectivity index (χ3n) is 8.73.